The Bertz CT molecular complexity index is 779. The normalized spacial score (nSPS) is 17.5. The maximum Gasteiger partial charge on any atom is 0.154 e. The molecule has 0 radical (unpaired) electrons. The maximum atomic E-state index is 11.2. The van der Waals surface area contributed by atoms with Crippen LogP contribution in [0.4, 0.5) is 0 Å². The Hall–Kier alpha value is -2.11. The zero-order valence-corrected chi connectivity index (χ0v) is 12.3. The lowest BCUT2D eigenvalue weighted by Crippen LogP contribution is -2.13. The predicted molar refractivity (Wildman–Crippen MR) is 81.2 cm³/mol. The average Bonchev–Trinajstić information content (AvgIpc) is 2.47. The molecule has 3 rings (SSSR count). The zero-order valence-electron chi connectivity index (χ0n) is 12.3. The second-order valence-corrected chi connectivity index (χ2v) is 5.78. The molecule has 1 aliphatic carbocycles. The number of benzene rings is 2. The molecular weight excluding hydrogens is 284 g/mol. The van der Waals surface area contributed by atoms with Gasteiger partial charge in [-0.25, -0.2) is 0 Å². The molecular formula is C17H18O5. The molecule has 1 atom stereocenters. The SMILES string of the molecule is Cc1cc2c(CO)c3c(c(O)c2c(O)c1C=O)C(O)CCC3. The molecule has 0 heterocycles. The van der Waals surface area contributed by atoms with Crippen LogP contribution >= 0.6 is 0 Å². The lowest BCUT2D eigenvalue weighted by atomic mass is 9.82. The van der Waals surface area contributed by atoms with E-state index in [9.17, 15) is 25.2 Å². The van der Waals surface area contributed by atoms with Gasteiger partial charge in [0, 0.05) is 5.56 Å². The third-order valence-electron chi connectivity index (χ3n) is 4.57. The van der Waals surface area contributed by atoms with Crippen molar-refractivity contribution in [3.63, 3.8) is 0 Å². The van der Waals surface area contributed by atoms with Crippen LogP contribution in [0, 0.1) is 6.92 Å². The number of carbonyl (C=O) groups excluding carboxylic acids is 1. The molecule has 0 aliphatic heterocycles. The molecule has 0 fully saturated rings. The van der Waals surface area contributed by atoms with Crippen LogP contribution < -0.4 is 0 Å². The number of fused-ring (bicyclic) bond motifs is 2. The van der Waals surface area contributed by atoms with Gasteiger partial charge < -0.3 is 20.4 Å². The van der Waals surface area contributed by atoms with E-state index < -0.39 is 6.10 Å². The molecule has 0 spiro atoms. The number of aliphatic hydroxyl groups excluding tert-OH is 2. The summed E-state index contributed by atoms with van der Waals surface area (Å²) in [6.45, 7) is 1.43. The van der Waals surface area contributed by atoms with E-state index in [0.717, 1.165) is 12.0 Å². The summed E-state index contributed by atoms with van der Waals surface area (Å²) in [5.41, 5.74) is 2.38. The zero-order chi connectivity index (χ0) is 16.0. The molecule has 116 valence electrons. The first-order valence-electron chi connectivity index (χ1n) is 7.28. The highest BCUT2D eigenvalue weighted by molar-refractivity contribution is 6.03. The Morgan fingerprint density at radius 1 is 1.32 bits per heavy atom. The van der Waals surface area contributed by atoms with E-state index in [-0.39, 0.29) is 29.1 Å². The van der Waals surface area contributed by atoms with Crippen LogP contribution in [0.3, 0.4) is 0 Å². The predicted octanol–water partition coefficient (Wildman–Crippen LogP) is 2.23. The monoisotopic (exact) mass is 302 g/mol. The number of aromatic hydroxyl groups is 2. The van der Waals surface area contributed by atoms with E-state index >= 15 is 0 Å². The number of phenols is 2. The van der Waals surface area contributed by atoms with Gasteiger partial charge in [-0.15, -0.1) is 0 Å². The first kappa shape index (κ1) is 14.8. The Labute approximate surface area is 127 Å². The van der Waals surface area contributed by atoms with Crippen LogP contribution in [0.2, 0.25) is 0 Å². The van der Waals surface area contributed by atoms with Gasteiger partial charge in [0.05, 0.1) is 23.7 Å². The number of rotatable bonds is 2. The van der Waals surface area contributed by atoms with Gasteiger partial charge in [0.1, 0.15) is 11.5 Å². The summed E-state index contributed by atoms with van der Waals surface area (Å²) < 4.78 is 0. The van der Waals surface area contributed by atoms with Gasteiger partial charge >= 0.3 is 0 Å². The number of phenolic OH excluding ortho intramolecular Hbond substituents is 2. The van der Waals surface area contributed by atoms with Gasteiger partial charge in [0.25, 0.3) is 0 Å². The van der Waals surface area contributed by atoms with E-state index in [1.165, 1.54) is 0 Å². The molecule has 2 aromatic rings. The van der Waals surface area contributed by atoms with E-state index in [1.54, 1.807) is 13.0 Å². The van der Waals surface area contributed by atoms with Crippen LogP contribution in [0.5, 0.6) is 11.5 Å². The number of aldehydes is 1. The van der Waals surface area contributed by atoms with Crippen LogP contribution in [0.1, 0.15) is 51.6 Å². The first-order chi connectivity index (χ1) is 10.5. The number of aryl methyl sites for hydroxylation is 1. The number of aliphatic hydroxyl groups is 2. The first-order valence-corrected chi connectivity index (χ1v) is 7.28. The van der Waals surface area contributed by atoms with Crippen LogP contribution in [-0.2, 0) is 13.0 Å². The van der Waals surface area contributed by atoms with Crippen molar-refractivity contribution >= 4 is 17.1 Å². The number of carbonyl (C=O) groups is 1. The molecule has 1 unspecified atom stereocenters. The van der Waals surface area contributed by atoms with E-state index in [1.807, 2.05) is 0 Å². The van der Waals surface area contributed by atoms with Crippen LogP contribution in [-0.4, -0.2) is 26.7 Å². The fourth-order valence-corrected chi connectivity index (χ4v) is 3.49. The number of hydrogen-bond donors (Lipinski definition) is 4. The molecule has 0 saturated heterocycles. The molecule has 22 heavy (non-hydrogen) atoms. The fraction of sp³-hybridized carbons (Fsp3) is 0.353. The van der Waals surface area contributed by atoms with Crippen molar-refractivity contribution in [2.45, 2.75) is 38.9 Å². The average molecular weight is 302 g/mol. The highest BCUT2D eigenvalue weighted by atomic mass is 16.3. The van der Waals surface area contributed by atoms with Crippen molar-refractivity contribution in [3.05, 3.63) is 33.9 Å². The molecule has 0 amide bonds. The van der Waals surface area contributed by atoms with Crippen molar-refractivity contribution in [2.24, 2.45) is 0 Å². The van der Waals surface area contributed by atoms with E-state index in [2.05, 4.69) is 0 Å². The highest BCUT2D eigenvalue weighted by Crippen LogP contribution is 2.47. The van der Waals surface area contributed by atoms with Crippen molar-refractivity contribution in [2.75, 3.05) is 0 Å². The molecule has 0 saturated carbocycles. The molecule has 0 aromatic heterocycles. The van der Waals surface area contributed by atoms with Crippen LogP contribution in [0.15, 0.2) is 6.07 Å². The Morgan fingerprint density at radius 2 is 2.05 bits per heavy atom. The van der Waals surface area contributed by atoms with Gasteiger partial charge in [-0.2, -0.15) is 0 Å². The largest absolute Gasteiger partial charge is 0.507 e. The summed E-state index contributed by atoms with van der Waals surface area (Å²) in [5.74, 6) is -0.507. The van der Waals surface area contributed by atoms with Gasteiger partial charge in [-0.3, -0.25) is 4.79 Å². The van der Waals surface area contributed by atoms with Crippen molar-refractivity contribution < 1.29 is 25.2 Å². The van der Waals surface area contributed by atoms with Crippen molar-refractivity contribution in [1.82, 2.24) is 0 Å². The molecule has 1 aliphatic rings. The Morgan fingerprint density at radius 3 is 2.68 bits per heavy atom. The topological polar surface area (TPSA) is 98.0 Å². The summed E-state index contributed by atoms with van der Waals surface area (Å²) in [5, 5.41) is 41.5. The second kappa shape index (κ2) is 5.26. The Balaban J connectivity index is 2.53. The third-order valence-corrected chi connectivity index (χ3v) is 4.57. The van der Waals surface area contributed by atoms with Gasteiger partial charge in [-0.05, 0) is 54.3 Å². The van der Waals surface area contributed by atoms with E-state index in [4.69, 9.17) is 0 Å². The minimum atomic E-state index is -0.834. The Kier molecular flexibility index (Phi) is 3.54. The van der Waals surface area contributed by atoms with Crippen molar-refractivity contribution in [3.8, 4) is 11.5 Å². The number of hydrogen-bond acceptors (Lipinski definition) is 5. The standard InChI is InChI=1S/C17H18O5/c1-8-5-10-12(7-19)9-3-2-4-13(20)14(9)17(22)15(10)16(21)11(8)6-18/h5-6,13,19-22H,2-4,7H2,1H3. The van der Waals surface area contributed by atoms with Crippen LogP contribution in [0.25, 0.3) is 10.8 Å². The minimum absolute atomic E-state index is 0.108. The van der Waals surface area contributed by atoms with E-state index in [0.29, 0.717) is 41.2 Å². The van der Waals surface area contributed by atoms with Gasteiger partial charge in [0.2, 0.25) is 0 Å². The molecule has 5 nitrogen and oxygen atoms in total. The lowest BCUT2D eigenvalue weighted by Gasteiger charge is -2.27. The van der Waals surface area contributed by atoms with Gasteiger partial charge in [-0.1, -0.05) is 0 Å². The summed E-state index contributed by atoms with van der Waals surface area (Å²) in [7, 11) is 0. The maximum absolute atomic E-state index is 11.2. The molecule has 4 N–H and O–H groups in total. The quantitative estimate of drug-likeness (QED) is 0.638. The highest BCUT2D eigenvalue weighted by Gasteiger charge is 2.29. The molecule has 2 aromatic carbocycles. The summed E-state index contributed by atoms with van der Waals surface area (Å²) in [6, 6.07) is 1.69. The third kappa shape index (κ3) is 1.90. The second-order valence-electron chi connectivity index (χ2n) is 5.78. The lowest BCUT2D eigenvalue weighted by molar-refractivity contribution is 0.112. The summed E-state index contributed by atoms with van der Waals surface area (Å²) in [4.78, 5) is 11.2. The summed E-state index contributed by atoms with van der Waals surface area (Å²) in [6.07, 6.45) is 1.64. The fourth-order valence-electron chi connectivity index (χ4n) is 3.49. The molecule has 0 bridgehead atoms. The summed E-state index contributed by atoms with van der Waals surface area (Å²) >= 11 is 0. The van der Waals surface area contributed by atoms with Gasteiger partial charge in [0.15, 0.2) is 6.29 Å². The smallest absolute Gasteiger partial charge is 0.154 e. The minimum Gasteiger partial charge on any atom is -0.507 e. The van der Waals surface area contributed by atoms with Crippen molar-refractivity contribution in [1.29, 1.82) is 0 Å². The molecule has 5 heteroatoms.